The van der Waals surface area contributed by atoms with E-state index in [2.05, 4.69) is 31.9 Å². The topological polar surface area (TPSA) is 34.1 Å². The third-order valence-electron chi connectivity index (χ3n) is 2.40. The van der Waals surface area contributed by atoms with Crippen LogP contribution in [0.15, 0.2) is 55.1 Å². The van der Waals surface area contributed by atoms with Crippen LogP contribution in [-0.4, -0.2) is 8.42 Å². The summed E-state index contributed by atoms with van der Waals surface area (Å²) in [5.41, 5.74) is 0. The molecule has 0 bridgehead atoms. The minimum atomic E-state index is -3.59. The largest absolute Gasteiger partial charge is 0.219 e. The Labute approximate surface area is 137 Å². The van der Waals surface area contributed by atoms with E-state index in [-0.39, 0.29) is 9.79 Å². The van der Waals surface area contributed by atoms with E-state index in [0.29, 0.717) is 19.0 Å². The molecule has 0 amide bonds. The van der Waals surface area contributed by atoms with Crippen molar-refractivity contribution in [2.45, 2.75) is 9.79 Å². The molecule has 2 nitrogen and oxygen atoms in total. The lowest BCUT2D eigenvalue weighted by atomic mass is 10.4. The molecule has 0 aliphatic heterocycles. The number of sulfone groups is 1. The van der Waals surface area contributed by atoms with Crippen LogP contribution in [0.25, 0.3) is 0 Å². The summed E-state index contributed by atoms with van der Waals surface area (Å²) in [6, 6.07) is 8.93. The van der Waals surface area contributed by atoms with Crippen LogP contribution in [0.4, 0.5) is 0 Å². The number of benzene rings is 2. The molecule has 0 N–H and O–H groups in total. The van der Waals surface area contributed by atoms with Gasteiger partial charge in [-0.2, -0.15) is 0 Å². The molecule has 19 heavy (non-hydrogen) atoms. The lowest BCUT2D eigenvalue weighted by Gasteiger charge is -2.07. The SMILES string of the molecule is O=S(=O)(c1ccc(Cl)c(Br)c1)c1ccc(Cl)c(Br)c1. The minimum Gasteiger partial charge on any atom is -0.219 e. The Morgan fingerprint density at radius 3 is 1.47 bits per heavy atom. The summed E-state index contributed by atoms with van der Waals surface area (Å²) < 4.78 is 25.9. The standard InChI is InChI=1S/C12H6Br2Cl2O2S/c13-9-5-7(1-3-11(9)15)19(17,18)8-2-4-12(16)10(14)6-8/h1-6H. The van der Waals surface area contributed by atoms with Gasteiger partial charge in [-0.1, -0.05) is 23.2 Å². The summed E-state index contributed by atoms with van der Waals surface area (Å²) in [5.74, 6) is 0. The van der Waals surface area contributed by atoms with Gasteiger partial charge in [-0.3, -0.25) is 0 Å². The van der Waals surface area contributed by atoms with Gasteiger partial charge in [0.2, 0.25) is 9.84 Å². The third kappa shape index (κ3) is 3.16. The first-order chi connectivity index (χ1) is 8.82. The van der Waals surface area contributed by atoms with Gasteiger partial charge in [-0.15, -0.1) is 0 Å². The molecule has 100 valence electrons. The van der Waals surface area contributed by atoms with Crippen LogP contribution in [0.5, 0.6) is 0 Å². The Bertz CT molecular complexity index is 688. The highest BCUT2D eigenvalue weighted by Gasteiger charge is 2.19. The molecule has 0 spiro atoms. The molecule has 0 aliphatic carbocycles. The molecule has 0 fully saturated rings. The number of hydrogen-bond donors (Lipinski definition) is 0. The summed E-state index contributed by atoms with van der Waals surface area (Å²) >= 11 is 18.1. The van der Waals surface area contributed by atoms with E-state index >= 15 is 0 Å². The zero-order chi connectivity index (χ0) is 14.2. The van der Waals surface area contributed by atoms with Crippen LogP contribution in [0.3, 0.4) is 0 Å². The predicted octanol–water partition coefficient (Wildman–Crippen LogP) is 5.35. The highest BCUT2D eigenvalue weighted by atomic mass is 79.9. The van der Waals surface area contributed by atoms with Crippen LogP contribution in [0.1, 0.15) is 0 Å². The van der Waals surface area contributed by atoms with Gasteiger partial charge in [0.15, 0.2) is 0 Å². The van der Waals surface area contributed by atoms with E-state index in [1.165, 1.54) is 36.4 Å². The van der Waals surface area contributed by atoms with Crippen molar-refractivity contribution < 1.29 is 8.42 Å². The molecule has 0 radical (unpaired) electrons. The second kappa shape index (κ2) is 5.74. The Kier molecular flexibility index (Phi) is 4.63. The van der Waals surface area contributed by atoms with Crippen molar-refractivity contribution in [3.05, 3.63) is 55.4 Å². The van der Waals surface area contributed by atoms with Crippen molar-refractivity contribution in [1.82, 2.24) is 0 Å². The maximum Gasteiger partial charge on any atom is 0.206 e. The molecule has 0 aliphatic rings. The van der Waals surface area contributed by atoms with Crippen molar-refractivity contribution in [2.24, 2.45) is 0 Å². The Morgan fingerprint density at radius 2 is 1.16 bits per heavy atom. The maximum atomic E-state index is 12.4. The molecule has 2 aromatic rings. The van der Waals surface area contributed by atoms with Gasteiger partial charge in [0.25, 0.3) is 0 Å². The Hall–Kier alpha value is -0.0700. The first-order valence-electron chi connectivity index (χ1n) is 4.97. The quantitative estimate of drug-likeness (QED) is 0.625. The normalized spacial score (nSPS) is 11.6. The van der Waals surface area contributed by atoms with Crippen molar-refractivity contribution in [2.75, 3.05) is 0 Å². The average Bonchev–Trinajstić information content (AvgIpc) is 2.35. The number of rotatable bonds is 2. The first kappa shape index (κ1) is 15.3. The number of halogens is 4. The second-order valence-electron chi connectivity index (χ2n) is 3.66. The summed E-state index contributed by atoms with van der Waals surface area (Å²) in [7, 11) is -3.59. The van der Waals surface area contributed by atoms with Gasteiger partial charge >= 0.3 is 0 Å². The van der Waals surface area contributed by atoms with Gasteiger partial charge in [0.1, 0.15) is 0 Å². The van der Waals surface area contributed by atoms with Gasteiger partial charge in [0.05, 0.1) is 19.8 Å². The highest BCUT2D eigenvalue weighted by molar-refractivity contribution is 9.10. The third-order valence-corrected chi connectivity index (χ3v) is 6.58. The summed E-state index contributed by atoms with van der Waals surface area (Å²) in [5, 5.41) is 0.910. The first-order valence-corrected chi connectivity index (χ1v) is 8.80. The molecule has 0 atom stereocenters. The van der Waals surface area contributed by atoms with E-state index in [1.54, 1.807) is 0 Å². The molecular formula is C12H6Br2Cl2O2S. The summed E-state index contributed by atoms with van der Waals surface area (Å²) in [6.45, 7) is 0. The lowest BCUT2D eigenvalue weighted by molar-refractivity contribution is 0.596. The minimum absolute atomic E-state index is 0.165. The molecule has 0 unspecified atom stereocenters. The molecule has 0 saturated carbocycles. The summed E-state index contributed by atoms with van der Waals surface area (Å²) in [4.78, 5) is 0.330. The molecule has 0 aromatic heterocycles. The van der Waals surface area contributed by atoms with E-state index in [0.717, 1.165) is 0 Å². The summed E-state index contributed by atoms with van der Waals surface area (Å²) in [6.07, 6.45) is 0. The zero-order valence-corrected chi connectivity index (χ0v) is 14.7. The van der Waals surface area contributed by atoms with Gasteiger partial charge in [-0.05, 0) is 68.3 Å². The van der Waals surface area contributed by atoms with Crippen molar-refractivity contribution in [1.29, 1.82) is 0 Å². The van der Waals surface area contributed by atoms with Crippen LogP contribution >= 0.6 is 55.1 Å². The molecule has 0 saturated heterocycles. The monoisotopic (exact) mass is 442 g/mol. The molecule has 2 rings (SSSR count). The van der Waals surface area contributed by atoms with Gasteiger partial charge in [0, 0.05) is 8.95 Å². The molecular weight excluding hydrogens is 439 g/mol. The average molecular weight is 445 g/mol. The van der Waals surface area contributed by atoms with E-state index in [4.69, 9.17) is 23.2 Å². The van der Waals surface area contributed by atoms with Crippen molar-refractivity contribution in [3.8, 4) is 0 Å². The fourth-order valence-electron chi connectivity index (χ4n) is 1.42. The van der Waals surface area contributed by atoms with Crippen molar-refractivity contribution in [3.63, 3.8) is 0 Å². The fourth-order valence-corrected chi connectivity index (χ4v) is 4.03. The second-order valence-corrected chi connectivity index (χ2v) is 8.13. The van der Waals surface area contributed by atoms with Crippen LogP contribution in [0.2, 0.25) is 10.0 Å². The number of hydrogen-bond acceptors (Lipinski definition) is 2. The van der Waals surface area contributed by atoms with E-state index in [9.17, 15) is 8.42 Å². The Balaban J connectivity index is 2.58. The predicted molar refractivity (Wildman–Crippen MR) is 83.8 cm³/mol. The molecule has 2 aromatic carbocycles. The molecule has 0 heterocycles. The zero-order valence-electron chi connectivity index (χ0n) is 9.20. The van der Waals surface area contributed by atoms with Crippen LogP contribution in [-0.2, 0) is 9.84 Å². The van der Waals surface area contributed by atoms with E-state index in [1.807, 2.05) is 0 Å². The Morgan fingerprint density at radius 1 is 0.789 bits per heavy atom. The fraction of sp³-hybridized carbons (Fsp3) is 0. The molecule has 7 heteroatoms. The van der Waals surface area contributed by atoms with E-state index < -0.39 is 9.84 Å². The van der Waals surface area contributed by atoms with Crippen LogP contribution in [0, 0.1) is 0 Å². The van der Waals surface area contributed by atoms with Gasteiger partial charge < -0.3 is 0 Å². The lowest BCUT2D eigenvalue weighted by Crippen LogP contribution is -2.02. The highest BCUT2D eigenvalue weighted by Crippen LogP contribution is 2.31. The van der Waals surface area contributed by atoms with Crippen LogP contribution < -0.4 is 0 Å². The smallest absolute Gasteiger partial charge is 0.206 e. The van der Waals surface area contributed by atoms with Gasteiger partial charge in [-0.25, -0.2) is 8.42 Å². The van der Waals surface area contributed by atoms with Crippen molar-refractivity contribution >= 4 is 64.9 Å². The maximum absolute atomic E-state index is 12.4.